The van der Waals surface area contributed by atoms with E-state index in [0.717, 1.165) is 28.0 Å². The summed E-state index contributed by atoms with van der Waals surface area (Å²) in [6, 6.07) is 17.6. The van der Waals surface area contributed by atoms with Gasteiger partial charge in [0.05, 0.1) is 12.7 Å². The van der Waals surface area contributed by atoms with E-state index < -0.39 is 11.6 Å². The average molecular weight is 456 g/mol. The SMILES string of the molecule is COc1ccc(NC(=O)C=Cc2cc3c(c(-c4ccc(C(=O)O)cc4)c2)OC(C)(C)C=C3)cc1. The van der Waals surface area contributed by atoms with Gasteiger partial charge in [-0.1, -0.05) is 18.2 Å². The van der Waals surface area contributed by atoms with Crippen molar-refractivity contribution < 1.29 is 24.2 Å². The predicted octanol–water partition coefficient (Wildman–Crippen LogP) is 5.90. The van der Waals surface area contributed by atoms with Gasteiger partial charge in [0.2, 0.25) is 5.91 Å². The van der Waals surface area contributed by atoms with Crippen molar-refractivity contribution in [3.63, 3.8) is 0 Å². The maximum atomic E-state index is 12.4. The lowest BCUT2D eigenvalue weighted by molar-refractivity contribution is -0.111. The van der Waals surface area contributed by atoms with Gasteiger partial charge in [0.15, 0.2) is 0 Å². The van der Waals surface area contributed by atoms with Crippen LogP contribution in [0.1, 0.15) is 35.3 Å². The standard InChI is InChI=1S/C28H25NO5/c1-28(2)15-14-21-16-18(4-13-25(30)29-22-9-11-23(33-3)12-10-22)17-24(26(21)34-28)19-5-7-20(8-6-19)27(31)32/h4-17H,1-3H3,(H,29,30)(H,31,32). The molecule has 1 amide bonds. The van der Waals surface area contributed by atoms with Crippen molar-refractivity contribution in [3.05, 3.63) is 89.5 Å². The van der Waals surface area contributed by atoms with E-state index in [1.807, 2.05) is 38.1 Å². The maximum absolute atomic E-state index is 12.4. The maximum Gasteiger partial charge on any atom is 0.335 e. The number of methoxy groups -OCH3 is 1. The second-order valence-electron chi connectivity index (χ2n) is 8.46. The molecule has 1 aliphatic rings. The molecule has 6 nitrogen and oxygen atoms in total. The fourth-order valence-corrected chi connectivity index (χ4v) is 3.63. The number of rotatable bonds is 6. The molecule has 4 rings (SSSR count). The van der Waals surface area contributed by atoms with E-state index >= 15 is 0 Å². The van der Waals surface area contributed by atoms with Crippen molar-refractivity contribution in [2.24, 2.45) is 0 Å². The third-order valence-corrected chi connectivity index (χ3v) is 5.40. The van der Waals surface area contributed by atoms with Crippen LogP contribution in [0.25, 0.3) is 23.3 Å². The highest BCUT2D eigenvalue weighted by Crippen LogP contribution is 2.41. The van der Waals surface area contributed by atoms with Crippen molar-refractivity contribution in [1.82, 2.24) is 0 Å². The average Bonchev–Trinajstić information content (AvgIpc) is 2.82. The van der Waals surface area contributed by atoms with Crippen molar-refractivity contribution in [2.75, 3.05) is 12.4 Å². The van der Waals surface area contributed by atoms with Crippen LogP contribution < -0.4 is 14.8 Å². The summed E-state index contributed by atoms with van der Waals surface area (Å²) in [5, 5.41) is 12.0. The van der Waals surface area contributed by atoms with Crippen LogP contribution in [0.2, 0.25) is 0 Å². The Morgan fingerprint density at radius 1 is 1.03 bits per heavy atom. The van der Waals surface area contributed by atoms with E-state index in [-0.39, 0.29) is 11.5 Å². The summed E-state index contributed by atoms with van der Waals surface area (Å²) >= 11 is 0. The monoisotopic (exact) mass is 455 g/mol. The Balaban J connectivity index is 1.64. The van der Waals surface area contributed by atoms with Crippen molar-refractivity contribution in [2.45, 2.75) is 19.4 Å². The number of ether oxygens (including phenoxy) is 2. The van der Waals surface area contributed by atoms with Crippen LogP contribution in [0, 0.1) is 0 Å². The Hall–Kier alpha value is -4.32. The molecule has 1 heterocycles. The number of carboxylic acid groups (broad SMARTS) is 1. The number of anilines is 1. The van der Waals surface area contributed by atoms with Crippen LogP contribution in [0.4, 0.5) is 5.69 Å². The molecule has 0 saturated carbocycles. The molecule has 1 aliphatic heterocycles. The number of aromatic carboxylic acids is 1. The minimum absolute atomic E-state index is 0.213. The zero-order valence-corrected chi connectivity index (χ0v) is 19.2. The third kappa shape index (κ3) is 5.18. The zero-order chi connectivity index (χ0) is 24.3. The summed E-state index contributed by atoms with van der Waals surface area (Å²) in [4.78, 5) is 23.7. The summed E-state index contributed by atoms with van der Waals surface area (Å²) in [6.45, 7) is 3.95. The van der Waals surface area contributed by atoms with Gasteiger partial charge in [-0.25, -0.2) is 4.79 Å². The van der Waals surface area contributed by atoms with Crippen LogP contribution in [0.5, 0.6) is 11.5 Å². The minimum atomic E-state index is -0.978. The first-order valence-electron chi connectivity index (χ1n) is 10.8. The van der Waals surface area contributed by atoms with Gasteiger partial charge in [0, 0.05) is 22.9 Å². The molecule has 0 radical (unpaired) electrons. The van der Waals surface area contributed by atoms with Gasteiger partial charge in [-0.05, 0) is 85.7 Å². The topological polar surface area (TPSA) is 84.9 Å². The number of carboxylic acids is 1. The third-order valence-electron chi connectivity index (χ3n) is 5.40. The van der Waals surface area contributed by atoms with Crippen LogP contribution in [0.3, 0.4) is 0 Å². The van der Waals surface area contributed by atoms with Crippen LogP contribution >= 0.6 is 0 Å². The highest BCUT2D eigenvalue weighted by molar-refractivity contribution is 6.02. The van der Waals surface area contributed by atoms with Crippen LogP contribution in [0.15, 0.2) is 72.8 Å². The Bertz CT molecular complexity index is 1290. The number of benzene rings is 3. The van der Waals surface area contributed by atoms with Crippen LogP contribution in [-0.2, 0) is 4.79 Å². The largest absolute Gasteiger partial charge is 0.497 e. The Morgan fingerprint density at radius 3 is 2.38 bits per heavy atom. The first-order chi connectivity index (χ1) is 16.2. The molecular formula is C28H25NO5. The zero-order valence-electron chi connectivity index (χ0n) is 19.2. The summed E-state index contributed by atoms with van der Waals surface area (Å²) in [5.41, 5.74) is 3.75. The van der Waals surface area contributed by atoms with E-state index in [1.54, 1.807) is 61.7 Å². The normalized spacial score (nSPS) is 13.7. The van der Waals surface area contributed by atoms with E-state index in [1.165, 1.54) is 6.08 Å². The lowest BCUT2D eigenvalue weighted by atomic mass is 9.93. The Labute approximate surface area is 198 Å². The Kier molecular flexibility index (Phi) is 6.23. The summed E-state index contributed by atoms with van der Waals surface area (Å²) in [7, 11) is 1.59. The summed E-state index contributed by atoms with van der Waals surface area (Å²) in [6.07, 6.45) is 7.20. The molecule has 0 saturated heterocycles. The molecule has 0 aromatic heterocycles. The number of fused-ring (bicyclic) bond motifs is 1. The fraction of sp³-hybridized carbons (Fsp3) is 0.143. The fourth-order valence-electron chi connectivity index (χ4n) is 3.63. The van der Waals surface area contributed by atoms with Crippen molar-refractivity contribution in [3.8, 4) is 22.6 Å². The molecule has 34 heavy (non-hydrogen) atoms. The van der Waals surface area contributed by atoms with E-state index in [9.17, 15) is 14.7 Å². The molecule has 2 N–H and O–H groups in total. The molecule has 3 aromatic rings. The first kappa shape index (κ1) is 22.9. The highest BCUT2D eigenvalue weighted by Gasteiger charge is 2.25. The quantitative estimate of drug-likeness (QED) is 0.452. The minimum Gasteiger partial charge on any atom is -0.497 e. The second kappa shape index (κ2) is 9.27. The molecule has 172 valence electrons. The van der Waals surface area contributed by atoms with Gasteiger partial charge in [0.1, 0.15) is 17.1 Å². The summed E-state index contributed by atoms with van der Waals surface area (Å²) in [5.74, 6) is 0.192. The number of hydrogen-bond donors (Lipinski definition) is 2. The van der Waals surface area contributed by atoms with E-state index in [0.29, 0.717) is 11.4 Å². The van der Waals surface area contributed by atoms with Crippen LogP contribution in [-0.4, -0.2) is 29.7 Å². The van der Waals surface area contributed by atoms with Crippen molar-refractivity contribution >= 4 is 29.7 Å². The number of carbonyl (C=O) groups excluding carboxylic acids is 1. The molecule has 0 bridgehead atoms. The van der Waals surface area contributed by atoms with E-state index in [2.05, 4.69) is 5.32 Å². The van der Waals surface area contributed by atoms with E-state index in [4.69, 9.17) is 9.47 Å². The Morgan fingerprint density at radius 2 is 1.74 bits per heavy atom. The summed E-state index contributed by atoms with van der Waals surface area (Å²) < 4.78 is 11.4. The van der Waals surface area contributed by atoms with Gasteiger partial charge in [-0.2, -0.15) is 0 Å². The van der Waals surface area contributed by atoms with Gasteiger partial charge >= 0.3 is 5.97 Å². The lowest BCUT2D eigenvalue weighted by Crippen LogP contribution is -2.27. The number of carbonyl (C=O) groups is 2. The van der Waals surface area contributed by atoms with Gasteiger partial charge in [-0.15, -0.1) is 0 Å². The number of amides is 1. The lowest BCUT2D eigenvalue weighted by Gasteiger charge is -2.30. The highest BCUT2D eigenvalue weighted by atomic mass is 16.5. The molecule has 0 spiro atoms. The first-order valence-corrected chi connectivity index (χ1v) is 10.8. The van der Waals surface area contributed by atoms with Crippen molar-refractivity contribution in [1.29, 1.82) is 0 Å². The molecule has 6 heteroatoms. The molecule has 0 atom stereocenters. The molecule has 0 fully saturated rings. The molecule has 0 aliphatic carbocycles. The number of hydrogen-bond acceptors (Lipinski definition) is 4. The second-order valence-corrected chi connectivity index (χ2v) is 8.46. The smallest absolute Gasteiger partial charge is 0.335 e. The van der Waals surface area contributed by atoms with Gasteiger partial charge in [0.25, 0.3) is 0 Å². The molecule has 0 unspecified atom stereocenters. The number of nitrogens with one attached hydrogen (secondary N) is 1. The molecular weight excluding hydrogens is 430 g/mol. The molecule has 3 aromatic carbocycles. The van der Waals surface area contributed by atoms with Gasteiger partial charge < -0.3 is 19.9 Å². The van der Waals surface area contributed by atoms with Gasteiger partial charge in [-0.3, -0.25) is 4.79 Å². The predicted molar refractivity (Wildman–Crippen MR) is 133 cm³/mol.